The minimum Gasteiger partial charge on any atom is -0.394 e. The Morgan fingerprint density at radius 1 is 1.22 bits per heavy atom. The van der Waals surface area contributed by atoms with Crippen LogP contribution in [0.15, 0.2) is 6.33 Å². The summed E-state index contributed by atoms with van der Waals surface area (Å²) in [6.45, 7) is 1.71. The van der Waals surface area contributed by atoms with E-state index in [-0.39, 0.29) is 13.2 Å². The number of hydrogen-bond donors (Lipinski definition) is 3. The van der Waals surface area contributed by atoms with Gasteiger partial charge in [-0.3, -0.25) is 0 Å². The van der Waals surface area contributed by atoms with Crippen molar-refractivity contribution in [1.82, 2.24) is 9.97 Å². The summed E-state index contributed by atoms with van der Waals surface area (Å²) in [5, 5.41) is 22.2. The Bertz CT molecular complexity index is 397. The van der Waals surface area contributed by atoms with Gasteiger partial charge in [-0.25, -0.2) is 9.97 Å². The van der Waals surface area contributed by atoms with E-state index in [1.165, 1.54) is 6.42 Å². The van der Waals surface area contributed by atoms with E-state index in [0.29, 0.717) is 6.42 Å². The summed E-state index contributed by atoms with van der Waals surface area (Å²) >= 11 is 0. The highest BCUT2D eigenvalue weighted by Gasteiger charge is 2.28. The lowest BCUT2D eigenvalue weighted by atomic mass is 9.94. The van der Waals surface area contributed by atoms with Gasteiger partial charge in [0.15, 0.2) is 0 Å². The summed E-state index contributed by atoms with van der Waals surface area (Å²) in [4.78, 5) is 8.59. The molecule has 0 spiro atoms. The predicted molar refractivity (Wildman–Crippen MR) is 69.5 cm³/mol. The first-order valence-corrected chi connectivity index (χ1v) is 6.57. The van der Waals surface area contributed by atoms with Gasteiger partial charge in [0.1, 0.15) is 12.1 Å². The number of fused-ring (bicyclic) bond motifs is 1. The van der Waals surface area contributed by atoms with Gasteiger partial charge in [0.05, 0.1) is 18.8 Å². The fourth-order valence-corrected chi connectivity index (χ4v) is 2.32. The number of hydrogen-bond acceptors (Lipinski definition) is 5. The molecule has 0 saturated heterocycles. The van der Waals surface area contributed by atoms with Crippen LogP contribution in [0, 0.1) is 0 Å². The van der Waals surface area contributed by atoms with Crippen molar-refractivity contribution >= 4 is 5.82 Å². The number of aliphatic hydroxyl groups excluding tert-OH is 2. The van der Waals surface area contributed by atoms with Crippen molar-refractivity contribution in [2.45, 2.75) is 44.6 Å². The summed E-state index contributed by atoms with van der Waals surface area (Å²) < 4.78 is 0. The van der Waals surface area contributed by atoms with Crippen molar-refractivity contribution < 1.29 is 10.2 Å². The summed E-state index contributed by atoms with van der Waals surface area (Å²) in [7, 11) is 0. The second-order valence-electron chi connectivity index (χ2n) is 4.93. The smallest absolute Gasteiger partial charge is 0.133 e. The molecule has 5 heteroatoms. The largest absolute Gasteiger partial charge is 0.394 e. The van der Waals surface area contributed by atoms with E-state index in [1.807, 2.05) is 6.92 Å². The van der Waals surface area contributed by atoms with Gasteiger partial charge in [0.25, 0.3) is 0 Å². The van der Waals surface area contributed by atoms with E-state index in [9.17, 15) is 10.2 Å². The molecule has 1 aliphatic carbocycles. The van der Waals surface area contributed by atoms with Gasteiger partial charge < -0.3 is 15.5 Å². The molecule has 0 amide bonds. The molecule has 0 radical (unpaired) electrons. The number of aromatic nitrogens is 2. The highest BCUT2D eigenvalue weighted by molar-refractivity contribution is 5.49. The average Bonchev–Trinajstić information content (AvgIpc) is 2.45. The maximum absolute atomic E-state index is 9.48. The number of aryl methyl sites for hydroxylation is 1. The maximum atomic E-state index is 9.48. The van der Waals surface area contributed by atoms with Gasteiger partial charge in [0.2, 0.25) is 0 Å². The van der Waals surface area contributed by atoms with Crippen LogP contribution in [0.25, 0.3) is 0 Å². The first-order chi connectivity index (χ1) is 8.74. The highest BCUT2D eigenvalue weighted by atomic mass is 16.3. The molecule has 0 fully saturated rings. The quantitative estimate of drug-likeness (QED) is 0.724. The third-order valence-corrected chi connectivity index (χ3v) is 3.79. The van der Waals surface area contributed by atoms with Crippen LogP contribution in [-0.2, 0) is 12.8 Å². The normalized spacial score (nSPS) is 15.3. The third-order valence-electron chi connectivity index (χ3n) is 3.79. The first-order valence-electron chi connectivity index (χ1n) is 6.57. The van der Waals surface area contributed by atoms with Crippen LogP contribution in [-0.4, -0.2) is 38.9 Å². The summed E-state index contributed by atoms with van der Waals surface area (Å²) in [5.74, 6) is 0.768. The second kappa shape index (κ2) is 5.63. The zero-order valence-corrected chi connectivity index (χ0v) is 10.8. The van der Waals surface area contributed by atoms with Crippen LogP contribution >= 0.6 is 0 Å². The Morgan fingerprint density at radius 2 is 1.94 bits per heavy atom. The third kappa shape index (κ3) is 2.47. The molecule has 2 rings (SSSR count). The minimum absolute atomic E-state index is 0.112. The molecule has 0 bridgehead atoms. The van der Waals surface area contributed by atoms with Gasteiger partial charge in [0, 0.05) is 11.3 Å². The van der Waals surface area contributed by atoms with Crippen LogP contribution < -0.4 is 5.32 Å². The Balaban J connectivity index is 2.28. The average molecular weight is 251 g/mol. The van der Waals surface area contributed by atoms with Crippen molar-refractivity contribution in [1.29, 1.82) is 0 Å². The van der Waals surface area contributed by atoms with Gasteiger partial charge in [-0.1, -0.05) is 6.92 Å². The van der Waals surface area contributed by atoms with Crippen LogP contribution in [0.1, 0.15) is 37.4 Å². The highest BCUT2D eigenvalue weighted by Crippen LogP contribution is 2.27. The van der Waals surface area contributed by atoms with Crippen molar-refractivity contribution in [2.75, 3.05) is 18.5 Å². The molecule has 0 unspecified atom stereocenters. The predicted octanol–water partition coefficient (Wildman–Crippen LogP) is 0.901. The van der Waals surface area contributed by atoms with Gasteiger partial charge in [-0.2, -0.15) is 0 Å². The molecule has 0 saturated carbocycles. The summed E-state index contributed by atoms with van der Waals surface area (Å²) in [6, 6.07) is 0. The summed E-state index contributed by atoms with van der Waals surface area (Å²) in [6.07, 6.45) is 6.47. The van der Waals surface area contributed by atoms with E-state index in [0.717, 1.165) is 36.3 Å². The molecular weight excluding hydrogens is 230 g/mol. The number of rotatable bonds is 5. The lowest BCUT2D eigenvalue weighted by Gasteiger charge is -2.32. The standard InChI is InChI=1S/C13H21N3O2/c1-2-13(7-17,8-18)16-12-10-5-3-4-6-11(10)14-9-15-12/h9,17-18H,2-8H2,1H3,(H,14,15,16). The lowest BCUT2D eigenvalue weighted by molar-refractivity contribution is 0.132. The molecule has 1 aromatic heterocycles. The molecule has 0 aliphatic heterocycles. The van der Waals surface area contributed by atoms with E-state index in [2.05, 4.69) is 15.3 Å². The van der Waals surface area contributed by atoms with E-state index < -0.39 is 5.54 Å². The van der Waals surface area contributed by atoms with Crippen molar-refractivity contribution in [3.8, 4) is 0 Å². The SMILES string of the molecule is CCC(CO)(CO)Nc1ncnc2c1CCCC2. The minimum atomic E-state index is -0.695. The molecule has 18 heavy (non-hydrogen) atoms. The molecule has 5 nitrogen and oxygen atoms in total. The van der Waals surface area contributed by atoms with E-state index in [4.69, 9.17) is 0 Å². The molecule has 1 aliphatic rings. The Labute approximate surface area is 107 Å². The van der Waals surface area contributed by atoms with Gasteiger partial charge >= 0.3 is 0 Å². The molecule has 0 atom stereocenters. The fourth-order valence-electron chi connectivity index (χ4n) is 2.32. The molecular formula is C13H21N3O2. The van der Waals surface area contributed by atoms with Crippen molar-refractivity contribution in [2.24, 2.45) is 0 Å². The van der Waals surface area contributed by atoms with Gasteiger partial charge in [-0.15, -0.1) is 0 Å². The zero-order valence-electron chi connectivity index (χ0n) is 10.8. The number of nitrogens with one attached hydrogen (secondary N) is 1. The Hall–Kier alpha value is -1.20. The lowest BCUT2D eigenvalue weighted by Crippen LogP contribution is -2.45. The van der Waals surface area contributed by atoms with Crippen LogP contribution in [0.2, 0.25) is 0 Å². The molecule has 1 aromatic rings. The molecule has 100 valence electrons. The van der Waals surface area contributed by atoms with Crippen LogP contribution in [0.3, 0.4) is 0 Å². The van der Waals surface area contributed by atoms with Crippen LogP contribution in [0.5, 0.6) is 0 Å². The molecule has 3 N–H and O–H groups in total. The monoisotopic (exact) mass is 251 g/mol. The zero-order chi connectivity index (χ0) is 13.0. The second-order valence-corrected chi connectivity index (χ2v) is 4.93. The first kappa shape index (κ1) is 13.2. The topological polar surface area (TPSA) is 78.3 Å². The van der Waals surface area contributed by atoms with E-state index in [1.54, 1.807) is 6.33 Å². The molecule has 1 heterocycles. The van der Waals surface area contributed by atoms with E-state index >= 15 is 0 Å². The Kier molecular flexibility index (Phi) is 4.14. The Morgan fingerprint density at radius 3 is 2.61 bits per heavy atom. The van der Waals surface area contributed by atoms with Crippen molar-refractivity contribution in [3.63, 3.8) is 0 Å². The molecule has 0 aromatic carbocycles. The maximum Gasteiger partial charge on any atom is 0.133 e. The fraction of sp³-hybridized carbons (Fsp3) is 0.692. The number of aliphatic hydroxyl groups is 2. The summed E-state index contributed by atoms with van der Waals surface area (Å²) in [5.41, 5.74) is 1.54. The van der Waals surface area contributed by atoms with Gasteiger partial charge in [-0.05, 0) is 32.1 Å². The van der Waals surface area contributed by atoms with Crippen LogP contribution in [0.4, 0.5) is 5.82 Å². The number of anilines is 1. The van der Waals surface area contributed by atoms with Crippen molar-refractivity contribution in [3.05, 3.63) is 17.6 Å². The number of nitrogens with zero attached hydrogens (tertiary/aromatic N) is 2.